The monoisotopic (exact) mass is 388 g/mol. The smallest absolute Gasteiger partial charge is 0.255 e. The summed E-state index contributed by atoms with van der Waals surface area (Å²) in [5, 5.41) is 0.810. The first-order valence-electron chi connectivity index (χ1n) is 10.2. The number of hydrogen-bond donors (Lipinski definition) is 1. The molecule has 0 aliphatic carbocycles. The van der Waals surface area contributed by atoms with Gasteiger partial charge in [0.05, 0.1) is 5.56 Å². The van der Waals surface area contributed by atoms with Gasteiger partial charge >= 0.3 is 0 Å². The summed E-state index contributed by atoms with van der Waals surface area (Å²) in [6.45, 7) is 3.47. The van der Waals surface area contributed by atoms with Gasteiger partial charge < -0.3 is 9.88 Å². The van der Waals surface area contributed by atoms with Crippen LogP contribution in [0.2, 0.25) is 0 Å². The average Bonchev–Trinajstić information content (AvgIpc) is 3.04. The molecular formula is C23H24N4O2. The predicted molar refractivity (Wildman–Crippen MR) is 112 cm³/mol. The molecular weight excluding hydrogens is 364 g/mol. The van der Waals surface area contributed by atoms with E-state index in [1.54, 1.807) is 6.20 Å². The molecule has 2 bridgehead atoms. The number of rotatable bonds is 3. The molecule has 1 amide bonds. The number of nitrogens with one attached hydrogen (secondary N) is 1. The molecule has 5 heterocycles. The number of fused-ring (bicyclic) bond motifs is 5. The molecule has 6 heteroatoms. The zero-order chi connectivity index (χ0) is 19.8. The van der Waals surface area contributed by atoms with Crippen molar-refractivity contribution in [3.63, 3.8) is 0 Å². The topological polar surface area (TPSA) is 69.3 Å². The number of piperidine rings is 1. The molecule has 1 aromatic carbocycles. The summed E-state index contributed by atoms with van der Waals surface area (Å²) in [6, 6.07) is 13.2. The van der Waals surface area contributed by atoms with Gasteiger partial charge in [-0.3, -0.25) is 19.5 Å². The number of nitrogens with zero attached hydrogens (tertiary/aromatic N) is 3. The molecule has 0 spiro atoms. The molecule has 3 aliphatic rings. The van der Waals surface area contributed by atoms with Gasteiger partial charge in [0.25, 0.3) is 5.91 Å². The normalized spacial score (nSPS) is 22.0. The van der Waals surface area contributed by atoms with Gasteiger partial charge in [0.1, 0.15) is 0 Å². The molecule has 2 aromatic heterocycles. The second-order valence-corrected chi connectivity index (χ2v) is 8.20. The number of H-pyrrole nitrogens is 1. The van der Waals surface area contributed by atoms with E-state index >= 15 is 0 Å². The Morgan fingerprint density at radius 3 is 2.86 bits per heavy atom. The second kappa shape index (κ2) is 7.44. The summed E-state index contributed by atoms with van der Waals surface area (Å²) >= 11 is 0. The van der Waals surface area contributed by atoms with Crippen LogP contribution in [0.4, 0.5) is 0 Å². The molecule has 3 aliphatic heterocycles. The molecule has 3 fully saturated rings. The van der Waals surface area contributed by atoms with Gasteiger partial charge in [0.2, 0.25) is 5.56 Å². The standard InChI is InChI=1S/C23H24N4O2/c28-22-10-20(19-5-1-2-6-21(19)25-22)23(29)27-14-17-7-8-18(27)15-26(13-17)12-16-4-3-9-24-11-16/h1-6,9-11,17-18H,7-8,12-15H2,(H,25,28)/t17-,18+/m0/s1. The lowest BCUT2D eigenvalue weighted by Gasteiger charge is -2.36. The van der Waals surface area contributed by atoms with Crippen LogP contribution >= 0.6 is 0 Å². The molecule has 6 nitrogen and oxygen atoms in total. The lowest BCUT2D eigenvalue weighted by molar-refractivity contribution is 0.0586. The Labute approximate surface area is 169 Å². The fourth-order valence-corrected chi connectivity index (χ4v) is 4.84. The molecule has 0 unspecified atom stereocenters. The maximum atomic E-state index is 13.5. The minimum atomic E-state index is -0.231. The van der Waals surface area contributed by atoms with Crippen molar-refractivity contribution < 1.29 is 4.79 Å². The number of amides is 1. The Hall–Kier alpha value is -2.99. The molecule has 3 aromatic rings. The highest BCUT2D eigenvalue weighted by Crippen LogP contribution is 2.30. The number of pyridine rings is 2. The van der Waals surface area contributed by atoms with E-state index in [0.717, 1.165) is 44.4 Å². The summed E-state index contributed by atoms with van der Waals surface area (Å²) in [7, 11) is 0. The highest BCUT2D eigenvalue weighted by molar-refractivity contribution is 6.06. The van der Waals surface area contributed by atoms with Crippen LogP contribution in [0, 0.1) is 5.92 Å². The van der Waals surface area contributed by atoms with E-state index < -0.39 is 0 Å². The van der Waals surface area contributed by atoms with Gasteiger partial charge in [-0.25, -0.2) is 0 Å². The third kappa shape index (κ3) is 3.56. The summed E-state index contributed by atoms with van der Waals surface area (Å²) in [5.41, 5.74) is 2.19. The molecule has 29 heavy (non-hydrogen) atoms. The highest BCUT2D eigenvalue weighted by atomic mass is 16.2. The van der Waals surface area contributed by atoms with E-state index in [-0.39, 0.29) is 17.5 Å². The van der Waals surface area contributed by atoms with E-state index in [0.29, 0.717) is 17.0 Å². The van der Waals surface area contributed by atoms with Gasteiger partial charge in [-0.1, -0.05) is 24.3 Å². The molecule has 2 atom stereocenters. The van der Waals surface area contributed by atoms with Gasteiger partial charge in [-0.2, -0.15) is 0 Å². The number of benzene rings is 1. The van der Waals surface area contributed by atoms with Gasteiger partial charge in [0.15, 0.2) is 0 Å². The number of para-hydroxylation sites is 1. The number of carbonyl (C=O) groups excluding carboxylic acids is 1. The van der Waals surface area contributed by atoms with Crippen LogP contribution in [0.1, 0.15) is 28.8 Å². The van der Waals surface area contributed by atoms with Crippen LogP contribution in [-0.4, -0.2) is 51.4 Å². The third-order valence-corrected chi connectivity index (χ3v) is 6.16. The summed E-state index contributed by atoms with van der Waals surface area (Å²) < 4.78 is 0. The van der Waals surface area contributed by atoms with Gasteiger partial charge in [-0.05, 0) is 36.5 Å². The first kappa shape index (κ1) is 18.1. The Morgan fingerprint density at radius 2 is 2.00 bits per heavy atom. The van der Waals surface area contributed by atoms with Crippen LogP contribution in [-0.2, 0) is 6.54 Å². The lowest BCUT2D eigenvalue weighted by Crippen LogP contribution is -2.47. The summed E-state index contributed by atoms with van der Waals surface area (Å²) in [4.78, 5) is 37.2. The van der Waals surface area contributed by atoms with Crippen molar-refractivity contribution in [2.45, 2.75) is 25.4 Å². The minimum absolute atomic E-state index is 0.0229. The van der Waals surface area contributed by atoms with Crippen LogP contribution in [0.15, 0.2) is 59.7 Å². The zero-order valence-electron chi connectivity index (χ0n) is 16.3. The van der Waals surface area contributed by atoms with E-state index in [9.17, 15) is 9.59 Å². The summed E-state index contributed by atoms with van der Waals surface area (Å²) in [5.74, 6) is 0.438. The van der Waals surface area contributed by atoms with Crippen molar-refractivity contribution in [2.75, 3.05) is 19.6 Å². The van der Waals surface area contributed by atoms with Crippen molar-refractivity contribution in [2.24, 2.45) is 5.92 Å². The second-order valence-electron chi connectivity index (χ2n) is 8.20. The number of hydrogen-bond acceptors (Lipinski definition) is 4. The van der Waals surface area contributed by atoms with Crippen molar-refractivity contribution >= 4 is 16.8 Å². The number of aromatic nitrogens is 2. The van der Waals surface area contributed by atoms with Gasteiger partial charge in [-0.15, -0.1) is 0 Å². The Bertz CT molecular complexity index is 1090. The van der Waals surface area contributed by atoms with Crippen LogP contribution in [0.3, 0.4) is 0 Å². The van der Waals surface area contributed by atoms with E-state index in [1.807, 2.05) is 41.4 Å². The maximum absolute atomic E-state index is 13.5. The minimum Gasteiger partial charge on any atom is -0.334 e. The molecule has 0 saturated carbocycles. The molecule has 6 rings (SSSR count). The van der Waals surface area contributed by atoms with E-state index in [1.165, 1.54) is 11.6 Å². The predicted octanol–water partition coefficient (Wildman–Crippen LogP) is 2.66. The van der Waals surface area contributed by atoms with Crippen molar-refractivity contribution in [1.29, 1.82) is 0 Å². The number of carbonyl (C=O) groups is 1. The third-order valence-electron chi connectivity index (χ3n) is 6.16. The first-order chi connectivity index (χ1) is 14.2. The SMILES string of the molecule is O=C(c1cc(=O)[nH]c2ccccc12)N1C[C@H]2CC[C@@H]1CN(Cc1cccnc1)C2. The molecule has 148 valence electrons. The van der Waals surface area contributed by atoms with Crippen molar-refractivity contribution in [3.8, 4) is 0 Å². The molecule has 1 N–H and O–H groups in total. The Morgan fingerprint density at radius 1 is 1.10 bits per heavy atom. The van der Waals surface area contributed by atoms with Crippen molar-refractivity contribution in [1.82, 2.24) is 19.8 Å². The molecule has 3 saturated heterocycles. The van der Waals surface area contributed by atoms with Crippen LogP contribution in [0.5, 0.6) is 0 Å². The average molecular weight is 388 g/mol. The van der Waals surface area contributed by atoms with Gasteiger partial charge in [0, 0.05) is 61.6 Å². The Balaban J connectivity index is 1.43. The quantitative estimate of drug-likeness (QED) is 0.749. The number of aromatic amines is 1. The fraction of sp³-hybridized carbons (Fsp3) is 0.348. The fourth-order valence-electron chi connectivity index (χ4n) is 4.84. The van der Waals surface area contributed by atoms with E-state index in [2.05, 4.69) is 20.9 Å². The lowest BCUT2D eigenvalue weighted by atomic mass is 9.94. The highest BCUT2D eigenvalue weighted by Gasteiger charge is 2.37. The van der Waals surface area contributed by atoms with Crippen LogP contribution < -0.4 is 5.56 Å². The molecule has 0 radical (unpaired) electrons. The van der Waals surface area contributed by atoms with Crippen LogP contribution in [0.25, 0.3) is 10.9 Å². The Kier molecular flexibility index (Phi) is 4.64. The first-order valence-corrected chi connectivity index (χ1v) is 10.2. The maximum Gasteiger partial charge on any atom is 0.255 e. The van der Waals surface area contributed by atoms with Crippen molar-refractivity contribution in [3.05, 3.63) is 76.3 Å². The zero-order valence-corrected chi connectivity index (χ0v) is 16.3. The van der Waals surface area contributed by atoms with E-state index in [4.69, 9.17) is 0 Å². The largest absolute Gasteiger partial charge is 0.334 e. The summed E-state index contributed by atoms with van der Waals surface area (Å²) in [6.07, 6.45) is 5.87.